The highest BCUT2D eigenvalue weighted by atomic mass is 79.9. The minimum absolute atomic E-state index is 0.248. The quantitative estimate of drug-likeness (QED) is 0.852. The van der Waals surface area contributed by atoms with Gasteiger partial charge in [-0.05, 0) is 47.5 Å². The molecule has 1 heterocycles. The maximum Gasteiger partial charge on any atom is 0.127 e. The van der Waals surface area contributed by atoms with Crippen LogP contribution in [0.3, 0.4) is 0 Å². The minimum atomic E-state index is 0.248. The highest BCUT2D eigenvalue weighted by Crippen LogP contribution is 2.19. The van der Waals surface area contributed by atoms with Crippen molar-refractivity contribution in [3.05, 3.63) is 58.2 Å². The fraction of sp³-hybridized carbons (Fsp3) is 0.214. The Morgan fingerprint density at radius 2 is 1.82 bits per heavy atom. The van der Waals surface area contributed by atoms with E-state index < -0.39 is 0 Å². The molecule has 1 N–H and O–H groups in total. The van der Waals surface area contributed by atoms with Gasteiger partial charge in [-0.2, -0.15) is 0 Å². The van der Waals surface area contributed by atoms with Gasteiger partial charge < -0.3 is 5.32 Å². The second kappa shape index (κ2) is 5.32. The van der Waals surface area contributed by atoms with Crippen LogP contribution in [0.4, 0.5) is 5.82 Å². The van der Waals surface area contributed by atoms with E-state index in [1.807, 2.05) is 18.2 Å². The van der Waals surface area contributed by atoms with Crippen molar-refractivity contribution in [2.24, 2.45) is 0 Å². The van der Waals surface area contributed by atoms with Crippen LogP contribution in [0.15, 0.2) is 47.1 Å². The summed E-state index contributed by atoms with van der Waals surface area (Å²) in [6, 6.07) is 14.6. The van der Waals surface area contributed by atoms with Gasteiger partial charge in [0, 0.05) is 6.04 Å². The normalized spacial score (nSPS) is 12.2. The van der Waals surface area contributed by atoms with Gasteiger partial charge >= 0.3 is 0 Å². The topological polar surface area (TPSA) is 24.9 Å². The van der Waals surface area contributed by atoms with Gasteiger partial charge in [-0.15, -0.1) is 0 Å². The Hall–Kier alpha value is -1.35. The number of halogens is 1. The zero-order chi connectivity index (χ0) is 12.3. The van der Waals surface area contributed by atoms with Gasteiger partial charge in [0.25, 0.3) is 0 Å². The summed E-state index contributed by atoms with van der Waals surface area (Å²) in [6.07, 6.45) is 0. The Morgan fingerprint density at radius 1 is 1.12 bits per heavy atom. The summed E-state index contributed by atoms with van der Waals surface area (Å²) in [5.74, 6) is 0.882. The molecule has 0 aliphatic rings. The van der Waals surface area contributed by atoms with Crippen molar-refractivity contribution in [2.75, 3.05) is 5.32 Å². The molecule has 0 aliphatic heterocycles. The Morgan fingerprint density at radius 3 is 2.47 bits per heavy atom. The molecule has 2 nitrogen and oxygen atoms in total. The van der Waals surface area contributed by atoms with E-state index in [0.29, 0.717) is 0 Å². The number of anilines is 1. The number of rotatable bonds is 3. The summed E-state index contributed by atoms with van der Waals surface area (Å²) < 4.78 is 0.846. The van der Waals surface area contributed by atoms with Gasteiger partial charge in [0.2, 0.25) is 0 Å². The summed E-state index contributed by atoms with van der Waals surface area (Å²) in [6.45, 7) is 4.23. The van der Waals surface area contributed by atoms with E-state index in [1.54, 1.807) is 0 Å². The number of nitrogens with zero attached hydrogens (tertiary/aromatic N) is 1. The molecule has 2 rings (SSSR count). The second-order valence-electron chi connectivity index (χ2n) is 4.12. The maximum atomic E-state index is 4.36. The molecule has 17 heavy (non-hydrogen) atoms. The van der Waals surface area contributed by atoms with Crippen molar-refractivity contribution < 1.29 is 0 Å². The molecule has 1 aromatic carbocycles. The third kappa shape index (κ3) is 3.30. The number of aromatic nitrogens is 1. The number of hydrogen-bond acceptors (Lipinski definition) is 2. The maximum absolute atomic E-state index is 4.36. The van der Waals surface area contributed by atoms with Crippen LogP contribution in [0.5, 0.6) is 0 Å². The van der Waals surface area contributed by atoms with E-state index in [2.05, 4.69) is 64.3 Å². The molecule has 3 heteroatoms. The molecule has 0 amide bonds. The van der Waals surface area contributed by atoms with Crippen molar-refractivity contribution in [3.63, 3.8) is 0 Å². The smallest absolute Gasteiger partial charge is 0.127 e. The molecule has 1 atom stereocenters. The van der Waals surface area contributed by atoms with E-state index in [0.717, 1.165) is 10.4 Å². The third-order valence-electron chi connectivity index (χ3n) is 2.66. The number of hydrogen-bond donors (Lipinski definition) is 1. The molecule has 88 valence electrons. The SMILES string of the molecule is Cc1ccc(C(C)Nc2cccc(Br)n2)cc1. The van der Waals surface area contributed by atoms with Crippen LogP contribution in [0.2, 0.25) is 0 Å². The van der Waals surface area contributed by atoms with E-state index in [4.69, 9.17) is 0 Å². The molecule has 0 aliphatic carbocycles. The van der Waals surface area contributed by atoms with Gasteiger partial charge in [-0.25, -0.2) is 4.98 Å². The fourth-order valence-electron chi connectivity index (χ4n) is 1.65. The first kappa shape index (κ1) is 12.1. The van der Waals surface area contributed by atoms with Crippen LogP contribution >= 0.6 is 15.9 Å². The van der Waals surface area contributed by atoms with Crippen LogP contribution < -0.4 is 5.32 Å². The zero-order valence-corrected chi connectivity index (χ0v) is 11.5. The fourth-order valence-corrected chi connectivity index (χ4v) is 1.99. The predicted octanol–water partition coefficient (Wildman–Crippen LogP) is 4.33. The van der Waals surface area contributed by atoms with Crippen LogP contribution in [0, 0.1) is 6.92 Å². The van der Waals surface area contributed by atoms with Crippen molar-refractivity contribution in [1.82, 2.24) is 4.98 Å². The van der Waals surface area contributed by atoms with Gasteiger partial charge in [0.1, 0.15) is 10.4 Å². The lowest BCUT2D eigenvalue weighted by molar-refractivity contribution is 0.873. The molecule has 0 saturated heterocycles. The van der Waals surface area contributed by atoms with Gasteiger partial charge in [-0.1, -0.05) is 35.9 Å². The summed E-state index contributed by atoms with van der Waals surface area (Å²) in [7, 11) is 0. The first-order valence-corrected chi connectivity index (χ1v) is 6.40. The number of benzene rings is 1. The van der Waals surface area contributed by atoms with Crippen LogP contribution in [0.25, 0.3) is 0 Å². The monoisotopic (exact) mass is 290 g/mol. The largest absolute Gasteiger partial charge is 0.364 e. The van der Waals surface area contributed by atoms with Crippen LogP contribution in [0.1, 0.15) is 24.1 Å². The Balaban J connectivity index is 2.11. The molecular weight excluding hydrogens is 276 g/mol. The molecule has 0 bridgehead atoms. The minimum Gasteiger partial charge on any atom is -0.364 e. The number of pyridine rings is 1. The molecule has 0 saturated carbocycles. The summed E-state index contributed by atoms with van der Waals surface area (Å²) in [4.78, 5) is 4.36. The average molecular weight is 291 g/mol. The highest BCUT2D eigenvalue weighted by molar-refractivity contribution is 9.10. The first-order valence-electron chi connectivity index (χ1n) is 5.61. The van der Waals surface area contributed by atoms with Crippen molar-refractivity contribution in [2.45, 2.75) is 19.9 Å². The van der Waals surface area contributed by atoms with E-state index >= 15 is 0 Å². The number of aryl methyl sites for hydroxylation is 1. The van der Waals surface area contributed by atoms with E-state index in [9.17, 15) is 0 Å². The van der Waals surface area contributed by atoms with E-state index in [1.165, 1.54) is 11.1 Å². The number of nitrogens with one attached hydrogen (secondary N) is 1. The van der Waals surface area contributed by atoms with Gasteiger partial charge in [-0.3, -0.25) is 0 Å². The molecule has 1 unspecified atom stereocenters. The van der Waals surface area contributed by atoms with Crippen molar-refractivity contribution >= 4 is 21.7 Å². The molecule has 0 fully saturated rings. The zero-order valence-electron chi connectivity index (χ0n) is 9.94. The molecule has 1 aromatic heterocycles. The summed E-state index contributed by atoms with van der Waals surface area (Å²) in [5, 5.41) is 3.38. The first-order chi connectivity index (χ1) is 8.15. The van der Waals surface area contributed by atoms with Crippen LogP contribution in [-0.4, -0.2) is 4.98 Å². The summed E-state index contributed by atoms with van der Waals surface area (Å²) in [5.41, 5.74) is 2.54. The van der Waals surface area contributed by atoms with Crippen molar-refractivity contribution in [1.29, 1.82) is 0 Å². The lowest BCUT2D eigenvalue weighted by Crippen LogP contribution is -2.07. The van der Waals surface area contributed by atoms with Gasteiger partial charge in [0.05, 0.1) is 0 Å². The molecule has 2 aromatic rings. The third-order valence-corrected chi connectivity index (χ3v) is 3.10. The van der Waals surface area contributed by atoms with E-state index in [-0.39, 0.29) is 6.04 Å². The lowest BCUT2D eigenvalue weighted by Gasteiger charge is -2.15. The Bertz CT molecular complexity index is 494. The molecular formula is C14H15BrN2. The van der Waals surface area contributed by atoms with Crippen molar-refractivity contribution in [3.8, 4) is 0 Å². The molecule has 0 spiro atoms. The lowest BCUT2D eigenvalue weighted by atomic mass is 10.1. The van der Waals surface area contributed by atoms with Gasteiger partial charge in [0.15, 0.2) is 0 Å². The summed E-state index contributed by atoms with van der Waals surface area (Å²) >= 11 is 3.37. The average Bonchev–Trinajstić information content (AvgIpc) is 2.29. The highest BCUT2D eigenvalue weighted by Gasteiger charge is 2.05. The standard InChI is InChI=1S/C14H15BrN2/c1-10-6-8-12(9-7-10)11(2)16-14-5-3-4-13(15)17-14/h3-9,11H,1-2H3,(H,16,17). The Labute approximate surface area is 110 Å². The predicted molar refractivity (Wildman–Crippen MR) is 75.2 cm³/mol. The molecule has 0 radical (unpaired) electrons. The second-order valence-corrected chi connectivity index (χ2v) is 4.93. The Kier molecular flexibility index (Phi) is 3.79. The van der Waals surface area contributed by atoms with Crippen LogP contribution in [-0.2, 0) is 0 Å².